The molecule has 2 rings (SSSR count). The number of hydrogen-bond donors (Lipinski definition) is 2. The minimum Gasteiger partial charge on any atom is -0.364 e. The van der Waals surface area contributed by atoms with Crippen LogP contribution in [0.5, 0.6) is 0 Å². The number of rotatable bonds is 6. The van der Waals surface area contributed by atoms with Crippen molar-refractivity contribution in [3.63, 3.8) is 0 Å². The molecule has 0 spiro atoms. The summed E-state index contributed by atoms with van der Waals surface area (Å²) in [5, 5.41) is 14.7. The zero-order chi connectivity index (χ0) is 23.7. The van der Waals surface area contributed by atoms with Crippen LogP contribution in [0, 0.1) is 5.82 Å². The number of amides is 1. The molecule has 1 unspecified atom stereocenters. The fourth-order valence-electron chi connectivity index (χ4n) is 3.05. The van der Waals surface area contributed by atoms with Crippen LogP contribution in [0.15, 0.2) is 24.3 Å². The van der Waals surface area contributed by atoms with Crippen molar-refractivity contribution >= 4 is 17.5 Å². The Kier molecular flexibility index (Phi) is 6.79. The minimum atomic E-state index is -4.98. The van der Waals surface area contributed by atoms with Gasteiger partial charge in [-0.1, -0.05) is 40.2 Å². The maximum Gasteiger partial charge on any atom is 0.419 e. The first kappa shape index (κ1) is 24.3. The third-order valence-corrected chi connectivity index (χ3v) is 4.61. The van der Waals surface area contributed by atoms with Gasteiger partial charge in [-0.2, -0.15) is 18.3 Å². The van der Waals surface area contributed by atoms with Crippen molar-refractivity contribution in [2.75, 3.05) is 5.06 Å². The summed E-state index contributed by atoms with van der Waals surface area (Å²) in [4.78, 5) is 24.8. The Morgan fingerprint density at radius 3 is 2.35 bits per heavy atom. The number of hydrogen-bond acceptors (Lipinski definition) is 5. The number of nitrogens with zero attached hydrogens (tertiary/aromatic N) is 3. The second-order valence-corrected chi connectivity index (χ2v) is 8.06. The van der Waals surface area contributed by atoms with Gasteiger partial charge in [0.25, 0.3) is 11.8 Å². The highest BCUT2D eigenvalue weighted by atomic mass is 19.4. The van der Waals surface area contributed by atoms with Gasteiger partial charge in [-0.3, -0.25) is 14.8 Å². The van der Waals surface area contributed by atoms with E-state index in [4.69, 9.17) is 5.73 Å². The molecule has 0 aliphatic rings. The molecule has 0 radical (unpaired) electrons. The van der Waals surface area contributed by atoms with E-state index in [0.29, 0.717) is 18.2 Å². The van der Waals surface area contributed by atoms with Crippen molar-refractivity contribution in [1.82, 2.24) is 9.78 Å². The lowest BCUT2D eigenvalue weighted by atomic mass is 9.91. The average Bonchev–Trinajstić information content (AvgIpc) is 3.10. The number of hydroxylamine groups is 1. The number of carbonyl (C=O) groups excluding carboxylic acids is 2. The van der Waals surface area contributed by atoms with Gasteiger partial charge < -0.3 is 5.73 Å². The van der Waals surface area contributed by atoms with E-state index in [-0.39, 0.29) is 17.2 Å². The number of aromatic nitrogens is 2. The molecule has 0 saturated heterocycles. The third-order valence-electron chi connectivity index (χ3n) is 4.61. The molecule has 1 aromatic heterocycles. The van der Waals surface area contributed by atoms with Gasteiger partial charge in [0.05, 0.1) is 11.3 Å². The van der Waals surface area contributed by atoms with Crippen LogP contribution in [-0.2, 0) is 11.6 Å². The molecule has 0 aliphatic heterocycles. The number of primary amides is 1. The molecule has 2 aromatic rings. The quantitative estimate of drug-likeness (QED) is 0.515. The topological polar surface area (TPSA) is 101 Å². The van der Waals surface area contributed by atoms with Gasteiger partial charge in [0.15, 0.2) is 11.5 Å². The number of nitrogens with two attached hydrogens (primary N) is 1. The van der Waals surface area contributed by atoms with E-state index in [1.54, 1.807) is 27.7 Å². The van der Waals surface area contributed by atoms with E-state index >= 15 is 0 Å². The molecule has 1 atom stereocenters. The fourth-order valence-corrected chi connectivity index (χ4v) is 3.05. The van der Waals surface area contributed by atoms with E-state index in [2.05, 4.69) is 5.10 Å². The smallest absolute Gasteiger partial charge is 0.364 e. The standard InChI is InChI=1S/C20H24F4N4O3/c1-5-7-14(28(31)13-9-6-8-11(16(13)21)20(22,23)24)18(30)27-15(19(2,3)4)10-12(26-27)17(25)29/h6,8-10,14,31H,5,7H2,1-4H3,(H2,25,29). The zero-order valence-corrected chi connectivity index (χ0v) is 17.5. The molecule has 0 bridgehead atoms. The molecule has 11 heteroatoms. The fraction of sp³-hybridized carbons (Fsp3) is 0.450. The van der Waals surface area contributed by atoms with Crippen LogP contribution in [0.4, 0.5) is 23.2 Å². The molecular formula is C20H24F4N4O3. The third kappa shape index (κ3) is 5.04. The summed E-state index contributed by atoms with van der Waals surface area (Å²) in [5.41, 5.74) is 2.32. The Morgan fingerprint density at radius 2 is 1.87 bits per heavy atom. The molecule has 1 amide bonds. The Morgan fingerprint density at radius 1 is 1.26 bits per heavy atom. The molecule has 170 valence electrons. The summed E-state index contributed by atoms with van der Waals surface area (Å²) in [6.45, 7) is 6.92. The predicted molar refractivity (Wildman–Crippen MR) is 104 cm³/mol. The SMILES string of the molecule is CCCC(C(=O)n1nc(C(N)=O)cc1C(C)(C)C)N(O)c1cccc(C(F)(F)F)c1F. The molecule has 1 aromatic carbocycles. The summed E-state index contributed by atoms with van der Waals surface area (Å²) in [6.07, 6.45) is -4.67. The van der Waals surface area contributed by atoms with Gasteiger partial charge in [-0.05, 0) is 24.6 Å². The number of carbonyl (C=O) groups is 2. The lowest BCUT2D eigenvalue weighted by Gasteiger charge is -2.29. The first-order valence-electron chi connectivity index (χ1n) is 9.48. The van der Waals surface area contributed by atoms with E-state index in [0.717, 1.165) is 16.8 Å². The zero-order valence-electron chi connectivity index (χ0n) is 17.5. The number of benzene rings is 1. The van der Waals surface area contributed by atoms with Crippen molar-refractivity contribution in [3.8, 4) is 0 Å². The van der Waals surface area contributed by atoms with Crippen LogP contribution in [0.1, 0.15) is 67.1 Å². The van der Waals surface area contributed by atoms with Gasteiger partial charge in [-0.25, -0.2) is 14.1 Å². The second-order valence-electron chi connectivity index (χ2n) is 8.06. The van der Waals surface area contributed by atoms with Crippen molar-refractivity contribution in [2.24, 2.45) is 5.73 Å². The van der Waals surface area contributed by atoms with Crippen molar-refractivity contribution < 1.29 is 32.4 Å². The number of halogens is 4. The van der Waals surface area contributed by atoms with Crippen LogP contribution in [0.25, 0.3) is 0 Å². The summed E-state index contributed by atoms with van der Waals surface area (Å²) >= 11 is 0. The van der Waals surface area contributed by atoms with Gasteiger partial charge in [-0.15, -0.1) is 0 Å². The molecule has 3 N–H and O–H groups in total. The van der Waals surface area contributed by atoms with Gasteiger partial charge in [0.1, 0.15) is 11.7 Å². The summed E-state index contributed by atoms with van der Waals surface area (Å²) in [5.74, 6) is -3.44. The molecule has 1 heterocycles. The predicted octanol–water partition coefficient (Wildman–Crippen LogP) is 4.14. The van der Waals surface area contributed by atoms with E-state index < -0.39 is 46.5 Å². The van der Waals surface area contributed by atoms with Crippen LogP contribution < -0.4 is 10.8 Å². The molecule has 7 nitrogen and oxygen atoms in total. The van der Waals surface area contributed by atoms with Crippen molar-refractivity contribution in [2.45, 2.75) is 58.2 Å². The van der Waals surface area contributed by atoms with Crippen LogP contribution in [-0.4, -0.2) is 32.8 Å². The first-order valence-corrected chi connectivity index (χ1v) is 9.48. The molecule has 0 saturated carbocycles. The summed E-state index contributed by atoms with van der Waals surface area (Å²) < 4.78 is 54.6. The summed E-state index contributed by atoms with van der Waals surface area (Å²) in [6, 6.07) is 2.26. The van der Waals surface area contributed by atoms with Crippen LogP contribution >= 0.6 is 0 Å². The molecule has 0 aliphatic carbocycles. The Balaban J connectivity index is 2.57. The number of anilines is 1. The maximum absolute atomic E-state index is 14.5. The molecular weight excluding hydrogens is 420 g/mol. The van der Waals surface area contributed by atoms with Crippen molar-refractivity contribution in [3.05, 3.63) is 47.0 Å². The van der Waals surface area contributed by atoms with E-state index in [1.165, 1.54) is 6.07 Å². The lowest BCUT2D eigenvalue weighted by molar-refractivity contribution is -0.139. The van der Waals surface area contributed by atoms with E-state index in [9.17, 15) is 32.4 Å². The largest absolute Gasteiger partial charge is 0.419 e. The van der Waals surface area contributed by atoms with Gasteiger partial charge in [0, 0.05) is 5.41 Å². The summed E-state index contributed by atoms with van der Waals surface area (Å²) in [7, 11) is 0. The maximum atomic E-state index is 14.5. The average molecular weight is 444 g/mol. The van der Waals surface area contributed by atoms with Crippen LogP contribution in [0.2, 0.25) is 0 Å². The highest BCUT2D eigenvalue weighted by Crippen LogP contribution is 2.35. The monoisotopic (exact) mass is 444 g/mol. The Labute approximate surface area is 176 Å². The van der Waals surface area contributed by atoms with Gasteiger partial charge in [0.2, 0.25) is 0 Å². The normalized spacial score (nSPS) is 13.2. The Bertz CT molecular complexity index is 980. The van der Waals surface area contributed by atoms with E-state index in [1.807, 2.05) is 0 Å². The first-order chi connectivity index (χ1) is 14.2. The Hall–Kier alpha value is -2.95. The second kappa shape index (κ2) is 8.66. The highest BCUT2D eigenvalue weighted by molar-refractivity contribution is 5.93. The number of alkyl halides is 3. The molecule has 0 fully saturated rings. The highest BCUT2D eigenvalue weighted by Gasteiger charge is 2.38. The van der Waals surface area contributed by atoms with Gasteiger partial charge >= 0.3 is 6.18 Å². The van der Waals surface area contributed by atoms with Crippen LogP contribution in [0.3, 0.4) is 0 Å². The minimum absolute atomic E-state index is 0.0274. The van der Waals surface area contributed by atoms with Crippen molar-refractivity contribution in [1.29, 1.82) is 0 Å². The molecule has 31 heavy (non-hydrogen) atoms. The lowest BCUT2D eigenvalue weighted by Crippen LogP contribution is -2.44.